The Morgan fingerprint density at radius 2 is 1.94 bits per heavy atom. The Labute approximate surface area is 110 Å². The zero-order valence-electron chi connectivity index (χ0n) is 10.3. The van der Waals surface area contributed by atoms with Crippen molar-refractivity contribution in [2.45, 2.75) is 39.5 Å². The summed E-state index contributed by atoms with van der Waals surface area (Å²) in [6.45, 7) is 0.961. The van der Waals surface area contributed by atoms with Gasteiger partial charge in [0.15, 0.2) is 0 Å². The third-order valence-electron chi connectivity index (χ3n) is 2.45. The van der Waals surface area contributed by atoms with Crippen molar-refractivity contribution in [1.29, 1.82) is 0 Å². The molecule has 2 N–H and O–H groups in total. The number of nitrogens with two attached hydrogens (primary N) is 1. The molecule has 0 spiro atoms. The van der Waals surface area contributed by atoms with Gasteiger partial charge in [0.25, 0.3) is 0 Å². The Bertz CT molecular complexity index is 402. The molecule has 0 saturated carbocycles. The van der Waals surface area contributed by atoms with Crippen LogP contribution >= 0.6 is 11.6 Å². The van der Waals surface area contributed by atoms with Crippen LogP contribution in [0.2, 0.25) is 5.02 Å². The Morgan fingerprint density at radius 1 is 1.28 bits per heavy atom. The van der Waals surface area contributed by atoms with Gasteiger partial charge in [-0.1, -0.05) is 18.5 Å². The van der Waals surface area contributed by atoms with E-state index in [1.54, 1.807) is 0 Å². The minimum Gasteiger partial charge on any atom is -0.489 e. The maximum atomic E-state index is 12.3. The average molecular weight is 280 g/mol. The fourth-order valence-electron chi connectivity index (χ4n) is 1.33. The predicted molar refractivity (Wildman–Crippen MR) is 66.4 cm³/mol. The van der Waals surface area contributed by atoms with Gasteiger partial charge in [-0.15, -0.1) is 0 Å². The monoisotopic (exact) mass is 279 g/mol. The van der Waals surface area contributed by atoms with Gasteiger partial charge in [-0.2, -0.15) is 8.78 Å². The fraction of sp³-hybridized carbons (Fsp3) is 0.500. The molecule has 1 atom stereocenters. The number of hydrogen-bond donors (Lipinski definition) is 1. The number of alkyl halides is 2. The summed E-state index contributed by atoms with van der Waals surface area (Å²) < 4.78 is 34.4. The molecule has 1 rings (SSSR count). The summed E-state index contributed by atoms with van der Waals surface area (Å²) in [6, 6.07) is 2.83. The first-order valence-corrected chi connectivity index (χ1v) is 5.99. The molecule has 1 unspecified atom stereocenters. The van der Waals surface area contributed by atoms with Crippen LogP contribution in [0, 0.1) is 0 Å². The van der Waals surface area contributed by atoms with Crippen molar-refractivity contribution >= 4 is 11.6 Å². The zero-order valence-corrected chi connectivity index (χ0v) is 11.0. The smallest absolute Gasteiger partial charge is 0.387 e. The standard InChI is InChI=1S/C12H16ClF2NO2/c1-3-7(2)17-11-5-10(18-12(14)15)8(6-16)4-9(11)13/h4-5,7,12H,3,6,16H2,1-2H3. The molecule has 102 valence electrons. The Hall–Kier alpha value is -1.07. The summed E-state index contributed by atoms with van der Waals surface area (Å²) in [7, 11) is 0. The lowest BCUT2D eigenvalue weighted by Gasteiger charge is -2.17. The topological polar surface area (TPSA) is 44.5 Å². The van der Waals surface area contributed by atoms with Crippen molar-refractivity contribution in [2.75, 3.05) is 0 Å². The second-order valence-corrected chi connectivity index (χ2v) is 4.22. The summed E-state index contributed by atoms with van der Waals surface area (Å²) >= 11 is 5.99. The molecular weight excluding hydrogens is 264 g/mol. The average Bonchev–Trinajstić information content (AvgIpc) is 2.32. The molecule has 0 radical (unpaired) electrons. The first-order chi connectivity index (χ1) is 8.47. The van der Waals surface area contributed by atoms with Crippen LogP contribution in [-0.2, 0) is 6.54 Å². The summed E-state index contributed by atoms with van der Waals surface area (Å²) in [5, 5.41) is 0.331. The van der Waals surface area contributed by atoms with Crippen LogP contribution in [0.4, 0.5) is 8.78 Å². The maximum absolute atomic E-state index is 12.3. The summed E-state index contributed by atoms with van der Waals surface area (Å²) in [4.78, 5) is 0. The van der Waals surface area contributed by atoms with E-state index in [-0.39, 0.29) is 18.4 Å². The van der Waals surface area contributed by atoms with Gasteiger partial charge in [0, 0.05) is 18.2 Å². The Kier molecular flexibility index (Phi) is 5.62. The van der Waals surface area contributed by atoms with Crippen molar-refractivity contribution in [2.24, 2.45) is 5.73 Å². The molecule has 0 heterocycles. The van der Waals surface area contributed by atoms with Gasteiger partial charge in [-0.25, -0.2) is 0 Å². The number of ether oxygens (including phenoxy) is 2. The first kappa shape index (κ1) is 15.0. The molecule has 1 aromatic rings. The number of halogens is 3. The van der Waals surface area contributed by atoms with Crippen LogP contribution in [-0.4, -0.2) is 12.7 Å². The van der Waals surface area contributed by atoms with Gasteiger partial charge in [0.2, 0.25) is 0 Å². The lowest BCUT2D eigenvalue weighted by atomic mass is 10.2. The van der Waals surface area contributed by atoms with E-state index in [0.29, 0.717) is 16.3 Å². The van der Waals surface area contributed by atoms with Gasteiger partial charge in [-0.3, -0.25) is 0 Å². The molecule has 0 aromatic heterocycles. The van der Waals surface area contributed by atoms with Crippen molar-refractivity contribution in [3.8, 4) is 11.5 Å². The fourth-order valence-corrected chi connectivity index (χ4v) is 1.56. The molecule has 0 amide bonds. The summed E-state index contributed by atoms with van der Waals surface area (Å²) in [5.41, 5.74) is 5.86. The van der Waals surface area contributed by atoms with Crippen LogP contribution in [0.15, 0.2) is 12.1 Å². The summed E-state index contributed by atoms with van der Waals surface area (Å²) in [6.07, 6.45) is 0.714. The summed E-state index contributed by atoms with van der Waals surface area (Å²) in [5.74, 6) is 0.314. The number of rotatable bonds is 6. The second-order valence-electron chi connectivity index (χ2n) is 3.81. The number of hydrogen-bond acceptors (Lipinski definition) is 3. The maximum Gasteiger partial charge on any atom is 0.387 e. The normalized spacial score (nSPS) is 12.6. The Morgan fingerprint density at radius 3 is 2.44 bits per heavy atom. The molecule has 0 aliphatic carbocycles. The van der Waals surface area contributed by atoms with E-state index in [0.717, 1.165) is 6.42 Å². The van der Waals surface area contributed by atoms with E-state index in [1.165, 1.54) is 12.1 Å². The molecular formula is C12H16ClF2NO2. The van der Waals surface area contributed by atoms with Gasteiger partial charge in [0.05, 0.1) is 11.1 Å². The first-order valence-electron chi connectivity index (χ1n) is 5.61. The minimum absolute atomic E-state index is 0.00444. The van der Waals surface area contributed by atoms with Crippen molar-refractivity contribution in [3.63, 3.8) is 0 Å². The largest absolute Gasteiger partial charge is 0.489 e. The quantitative estimate of drug-likeness (QED) is 0.866. The Balaban J connectivity index is 3.04. The molecule has 6 heteroatoms. The van der Waals surface area contributed by atoms with Crippen LogP contribution in [0.3, 0.4) is 0 Å². The lowest BCUT2D eigenvalue weighted by molar-refractivity contribution is -0.0505. The van der Waals surface area contributed by atoms with Crippen LogP contribution in [0.25, 0.3) is 0 Å². The predicted octanol–water partition coefficient (Wildman–Crippen LogP) is 3.58. The highest BCUT2D eigenvalue weighted by molar-refractivity contribution is 6.32. The zero-order chi connectivity index (χ0) is 13.7. The molecule has 1 aromatic carbocycles. The van der Waals surface area contributed by atoms with Crippen molar-refractivity contribution in [3.05, 3.63) is 22.7 Å². The van der Waals surface area contributed by atoms with E-state index < -0.39 is 6.61 Å². The van der Waals surface area contributed by atoms with Crippen LogP contribution in [0.1, 0.15) is 25.8 Å². The molecule has 3 nitrogen and oxygen atoms in total. The van der Waals surface area contributed by atoms with E-state index in [1.807, 2.05) is 13.8 Å². The second kappa shape index (κ2) is 6.75. The molecule has 0 fully saturated rings. The van der Waals surface area contributed by atoms with Crippen LogP contribution < -0.4 is 15.2 Å². The number of benzene rings is 1. The van der Waals surface area contributed by atoms with Gasteiger partial charge >= 0.3 is 6.61 Å². The third-order valence-corrected chi connectivity index (χ3v) is 2.75. The highest BCUT2D eigenvalue weighted by Gasteiger charge is 2.15. The highest BCUT2D eigenvalue weighted by Crippen LogP contribution is 2.34. The van der Waals surface area contributed by atoms with Crippen LogP contribution in [0.5, 0.6) is 11.5 Å². The molecule has 0 aliphatic heterocycles. The highest BCUT2D eigenvalue weighted by atomic mass is 35.5. The molecule has 18 heavy (non-hydrogen) atoms. The molecule has 0 bridgehead atoms. The molecule has 0 aliphatic rings. The lowest BCUT2D eigenvalue weighted by Crippen LogP contribution is -2.12. The van der Waals surface area contributed by atoms with E-state index in [9.17, 15) is 8.78 Å². The van der Waals surface area contributed by atoms with E-state index in [4.69, 9.17) is 22.1 Å². The van der Waals surface area contributed by atoms with E-state index in [2.05, 4.69) is 4.74 Å². The van der Waals surface area contributed by atoms with Crippen molar-refractivity contribution in [1.82, 2.24) is 0 Å². The minimum atomic E-state index is -2.91. The van der Waals surface area contributed by atoms with E-state index >= 15 is 0 Å². The SMILES string of the molecule is CCC(C)Oc1cc(OC(F)F)c(CN)cc1Cl. The van der Waals surface area contributed by atoms with Crippen molar-refractivity contribution < 1.29 is 18.3 Å². The van der Waals surface area contributed by atoms with Gasteiger partial charge in [0.1, 0.15) is 11.5 Å². The van der Waals surface area contributed by atoms with Gasteiger partial charge in [-0.05, 0) is 19.4 Å². The van der Waals surface area contributed by atoms with Gasteiger partial charge < -0.3 is 15.2 Å². The molecule has 0 saturated heterocycles. The third kappa shape index (κ3) is 3.99.